The van der Waals surface area contributed by atoms with Crippen LogP contribution in [0.3, 0.4) is 0 Å². The maximum Gasteiger partial charge on any atom is 0.303 e. The molecule has 0 aliphatic carbocycles. The van der Waals surface area contributed by atoms with E-state index in [1.54, 1.807) is 0 Å². The molecule has 0 aromatic heterocycles. The van der Waals surface area contributed by atoms with Crippen LogP contribution in [0.1, 0.15) is 117 Å². The second kappa shape index (κ2) is 16.8. The predicted octanol–water partition coefficient (Wildman–Crippen LogP) is 6.97. The van der Waals surface area contributed by atoms with Crippen LogP contribution in [0.4, 0.5) is 0 Å². The molecule has 22 heavy (non-hydrogen) atoms. The van der Waals surface area contributed by atoms with Crippen LogP contribution < -0.4 is 0 Å². The molecule has 0 heterocycles. The average Bonchev–Trinajstić information content (AvgIpc) is 2.50. The van der Waals surface area contributed by atoms with Crippen LogP contribution in [0.5, 0.6) is 0 Å². The van der Waals surface area contributed by atoms with Crippen LogP contribution in [0, 0.1) is 5.92 Å². The largest absolute Gasteiger partial charge is 0.481 e. The van der Waals surface area contributed by atoms with Crippen molar-refractivity contribution < 1.29 is 9.90 Å². The lowest BCUT2D eigenvalue weighted by atomic mass is 9.89. The lowest BCUT2D eigenvalue weighted by Gasteiger charge is -2.16. The first-order chi connectivity index (χ1) is 10.7. The summed E-state index contributed by atoms with van der Waals surface area (Å²) in [6.45, 7) is 4.53. The molecular formula is C20H40O2. The number of rotatable bonds is 17. The fraction of sp³-hybridized carbons (Fsp3) is 0.950. The Kier molecular flexibility index (Phi) is 16.4. The van der Waals surface area contributed by atoms with Gasteiger partial charge in [0, 0.05) is 6.42 Å². The number of carboxylic acid groups (broad SMARTS) is 1. The predicted molar refractivity (Wildman–Crippen MR) is 96.3 cm³/mol. The zero-order chi connectivity index (χ0) is 16.5. The summed E-state index contributed by atoms with van der Waals surface area (Å²) in [6, 6.07) is 0. The fourth-order valence-corrected chi connectivity index (χ4v) is 3.22. The third-order valence-corrected chi connectivity index (χ3v) is 4.68. The average molecular weight is 313 g/mol. The number of unbranched alkanes of at least 4 members (excludes halogenated alkanes) is 9. The Hall–Kier alpha value is -0.530. The summed E-state index contributed by atoms with van der Waals surface area (Å²) >= 11 is 0. The van der Waals surface area contributed by atoms with Crippen molar-refractivity contribution in [1.29, 1.82) is 0 Å². The van der Waals surface area contributed by atoms with Crippen molar-refractivity contribution in [3.05, 3.63) is 0 Å². The Bertz CT molecular complexity index is 238. The molecule has 0 aliphatic heterocycles. The highest BCUT2D eigenvalue weighted by atomic mass is 16.4. The van der Waals surface area contributed by atoms with Gasteiger partial charge in [0.15, 0.2) is 0 Å². The molecule has 0 aromatic rings. The molecule has 0 bridgehead atoms. The molecule has 0 aliphatic rings. The van der Waals surface area contributed by atoms with Crippen molar-refractivity contribution >= 4 is 5.97 Å². The van der Waals surface area contributed by atoms with Gasteiger partial charge >= 0.3 is 5.97 Å². The first-order valence-electron chi connectivity index (χ1n) is 9.92. The molecule has 1 N–H and O–H groups in total. The van der Waals surface area contributed by atoms with Gasteiger partial charge in [-0.2, -0.15) is 0 Å². The minimum atomic E-state index is -0.643. The van der Waals surface area contributed by atoms with Crippen molar-refractivity contribution in [2.24, 2.45) is 5.92 Å². The first kappa shape index (κ1) is 21.5. The van der Waals surface area contributed by atoms with Crippen LogP contribution in [0.2, 0.25) is 0 Å². The SMILES string of the molecule is CCCCCCCCC(CCCCCC)CCCCC(=O)O. The molecule has 0 radical (unpaired) electrons. The van der Waals surface area contributed by atoms with Gasteiger partial charge in [-0.25, -0.2) is 0 Å². The summed E-state index contributed by atoms with van der Waals surface area (Å²) in [6.07, 6.45) is 20.0. The standard InChI is InChI=1S/C20H40O2/c1-3-5-7-9-10-12-16-19(15-11-8-6-4-2)17-13-14-18-20(21)22/h19H,3-18H2,1-2H3,(H,21,22). The normalized spacial score (nSPS) is 12.5. The van der Waals surface area contributed by atoms with E-state index in [2.05, 4.69) is 13.8 Å². The summed E-state index contributed by atoms with van der Waals surface area (Å²) in [5.74, 6) is 0.201. The van der Waals surface area contributed by atoms with Crippen LogP contribution >= 0.6 is 0 Å². The van der Waals surface area contributed by atoms with Gasteiger partial charge in [-0.3, -0.25) is 4.79 Å². The lowest BCUT2D eigenvalue weighted by molar-refractivity contribution is -0.137. The molecule has 0 saturated carbocycles. The van der Waals surface area contributed by atoms with Crippen LogP contribution in [-0.2, 0) is 4.79 Å². The Morgan fingerprint density at radius 2 is 1.09 bits per heavy atom. The zero-order valence-electron chi connectivity index (χ0n) is 15.2. The van der Waals surface area contributed by atoms with Crippen molar-refractivity contribution in [1.82, 2.24) is 0 Å². The third-order valence-electron chi connectivity index (χ3n) is 4.68. The summed E-state index contributed by atoms with van der Waals surface area (Å²) < 4.78 is 0. The fourth-order valence-electron chi connectivity index (χ4n) is 3.22. The van der Waals surface area contributed by atoms with E-state index in [1.165, 1.54) is 83.5 Å². The molecule has 1 unspecified atom stereocenters. The van der Waals surface area contributed by atoms with Gasteiger partial charge < -0.3 is 5.11 Å². The molecule has 0 fully saturated rings. The van der Waals surface area contributed by atoms with E-state index in [0.717, 1.165) is 18.8 Å². The summed E-state index contributed by atoms with van der Waals surface area (Å²) in [4.78, 5) is 10.6. The molecule has 0 aromatic carbocycles. The van der Waals surface area contributed by atoms with E-state index in [1.807, 2.05) is 0 Å². The van der Waals surface area contributed by atoms with E-state index in [-0.39, 0.29) is 0 Å². The van der Waals surface area contributed by atoms with E-state index in [4.69, 9.17) is 5.11 Å². The van der Waals surface area contributed by atoms with Crippen LogP contribution in [-0.4, -0.2) is 11.1 Å². The van der Waals surface area contributed by atoms with Gasteiger partial charge in [0.05, 0.1) is 0 Å². The van der Waals surface area contributed by atoms with Gasteiger partial charge in [-0.1, -0.05) is 104 Å². The Morgan fingerprint density at radius 3 is 1.59 bits per heavy atom. The van der Waals surface area contributed by atoms with Crippen molar-refractivity contribution in [3.8, 4) is 0 Å². The zero-order valence-corrected chi connectivity index (χ0v) is 15.2. The van der Waals surface area contributed by atoms with Crippen molar-refractivity contribution in [2.75, 3.05) is 0 Å². The second-order valence-corrected chi connectivity index (χ2v) is 6.91. The quantitative estimate of drug-likeness (QED) is 0.294. The molecule has 2 heteroatoms. The molecular weight excluding hydrogens is 272 g/mol. The Morgan fingerprint density at radius 1 is 0.682 bits per heavy atom. The summed E-state index contributed by atoms with van der Waals surface area (Å²) in [5.41, 5.74) is 0. The van der Waals surface area contributed by atoms with Crippen LogP contribution in [0.15, 0.2) is 0 Å². The Labute approximate surface area is 139 Å². The van der Waals surface area contributed by atoms with Crippen molar-refractivity contribution in [2.45, 2.75) is 117 Å². The summed E-state index contributed by atoms with van der Waals surface area (Å²) in [7, 11) is 0. The molecule has 1 atom stereocenters. The molecule has 0 amide bonds. The van der Waals surface area contributed by atoms with Crippen molar-refractivity contribution in [3.63, 3.8) is 0 Å². The van der Waals surface area contributed by atoms with Gasteiger partial charge in [-0.15, -0.1) is 0 Å². The smallest absolute Gasteiger partial charge is 0.303 e. The highest BCUT2D eigenvalue weighted by Crippen LogP contribution is 2.24. The minimum Gasteiger partial charge on any atom is -0.481 e. The highest BCUT2D eigenvalue weighted by molar-refractivity contribution is 5.66. The maximum absolute atomic E-state index is 10.6. The lowest BCUT2D eigenvalue weighted by Crippen LogP contribution is -2.02. The number of carbonyl (C=O) groups is 1. The molecule has 0 spiro atoms. The topological polar surface area (TPSA) is 37.3 Å². The highest BCUT2D eigenvalue weighted by Gasteiger charge is 2.09. The van der Waals surface area contributed by atoms with Gasteiger partial charge in [0.25, 0.3) is 0 Å². The summed E-state index contributed by atoms with van der Waals surface area (Å²) in [5, 5.41) is 8.72. The van der Waals surface area contributed by atoms with E-state index >= 15 is 0 Å². The first-order valence-corrected chi connectivity index (χ1v) is 9.92. The van der Waals surface area contributed by atoms with E-state index in [0.29, 0.717) is 6.42 Å². The monoisotopic (exact) mass is 312 g/mol. The van der Waals surface area contributed by atoms with Crippen LogP contribution in [0.25, 0.3) is 0 Å². The van der Waals surface area contributed by atoms with Gasteiger partial charge in [-0.05, 0) is 12.3 Å². The minimum absolute atomic E-state index is 0.347. The van der Waals surface area contributed by atoms with E-state index in [9.17, 15) is 4.79 Å². The molecule has 132 valence electrons. The van der Waals surface area contributed by atoms with Gasteiger partial charge in [0.2, 0.25) is 0 Å². The molecule has 0 saturated heterocycles. The second-order valence-electron chi connectivity index (χ2n) is 6.91. The molecule has 0 rings (SSSR count). The third kappa shape index (κ3) is 15.9. The number of aliphatic carboxylic acids is 1. The van der Waals surface area contributed by atoms with Gasteiger partial charge in [0.1, 0.15) is 0 Å². The number of hydrogen-bond donors (Lipinski definition) is 1. The molecule has 2 nitrogen and oxygen atoms in total. The maximum atomic E-state index is 10.6. The Balaban J connectivity index is 3.76. The number of carboxylic acids is 1. The number of hydrogen-bond acceptors (Lipinski definition) is 1. The van der Waals surface area contributed by atoms with E-state index < -0.39 is 5.97 Å².